The van der Waals surface area contributed by atoms with Gasteiger partial charge in [0.1, 0.15) is 0 Å². The number of aliphatic imine (C=N–C) groups is 1. The molecule has 0 saturated carbocycles. The summed E-state index contributed by atoms with van der Waals surface area (Å²) in [5, 5.41) is 8.81. The van der Waals surface area contributed by atoms with Gasteiger partial charge >= 0.3 is 0 Å². The lowest BCUT2D eigenvalue weighted by molar-refractivity contribution is -0.114. The molecule has 3 rings (SSSR count). The lowest BCUT2D eigenvalue weighted by atomic mass is 10.0. The third kappa shape index (κ3) is 7.00. The summed E-state index contributed by atoms with van der Waals surface area (Å²) < 4.78 is 0. The summed E-state index contributed by atoms with van der Waals surface area (Å²) in [6.07, 6.45) is 3.44. The van der Waals surface area contributed by atoms with Gasteiger partial charge in [-0.1, -0.05) is 38.1 Å². The van der Waals surface area contributed by atoms with Gasteiger partial charge in [0.15, 0.2) is 0 Å². The van der Waals surface area contributed by atoms with E-state index in [9.17, 15) is 9.59 Å². The molecular formula is C26H29N5O2. The fraction of sp³-hybridized carbons (Fsp3) is 0.231. The molecule has 0 aliphatic rings. The first-order valence-corrected chi connectivity index (χ1v) is 10.8. The molecule has 0 aliphatic heterocycles. The van der Waals surface area contributed by atoms with E-state index < -0.39 is 0 Å². The summed E-state index contributed by atoms with van der Waals surface area (Å²) in [5.41, 5.74) is 4.84. The number of hydrogen-bond acceptors (Lipinski definition) is 4. The summed E-state index contributed by atoms with van der Waals surface area (Å²) in [7, 11) is 0. The van der Waals surface area contributed by atoms with Crippen LogP contribution in [-0.4, -0.2) is 22.8 Å². The zero-order valence-corrected chi connectivity index (χ0v) is 19.3. The monoisotopic (exact) mass is 443 g/mol. The van der Waals surface area contributed by atoms with Gasteiger partial charge < -0.3 is 10.6 Å². The standard InChI is InChI=1S/C26H29N5O2/c1-17(2)21-9-11-23(12-10-21)30-26(28-16-20-6-5-13-27-15-20)31-25(33)22-8-7-18(3)24(14-22)29-19(4)32/h5-15,17H,16H2,1-4H3,(H,29,32)(H2,28,30,31,33). The van der Waals surface area contributed by atoms with E-state index in [0.717, 1.165) is 16.8 Å². The minimum absolute atomic E-state index is 0.194. The number of pyridine rings is 1. The van der Waals surface area contributed by atoms with Gasteiger partial charge in [-0.3, -0.25) is 19.9 Å². The van der Waals surface area contributed by atoms with E-state index in [-0.39, 0.29) is 11.8 Å². The van der Waals surface area contributed by atoms with E-state index in [1.165, 1.54) is 12.5 Å². The average molecular weight is 444 g/mol. The van der Waals surface area contributed by atoms with E-state index in [1.807, 2.05) is 43.3 Å². The van der Waals surface area contributed by atoms with E-state index in [2.05, 4.69) is 39.8 Å². The number of guanidine groups is 1. The fourth-order valence-corrected chi connectivity index (χ4v) is 3.13. The lowest BCUT2D eigenvalue weighted by Gasteiger charge is -2.14. The maximum absolute atomic E-state index is 13.0. The second-order valence-electron chi connectivity index (χ2n) is 8.09. The predicted octanol–water partition coefficient (Wildman–Crippen LogP) is 4.87. The Balaban J connectivity index is 1.82. The second kappa shape index (κ2) is 11.0. The number of aryl methyl sites for hydroxylation is 1. The zero-order chi connectivity index (χ0) is 23.8. The molecule has 0 spiro atoms. The van der Waals surface area contributed by atoms with Crippen LogP contribution in [0.2, 0.25) is 0 Å². The highest BCUT2D eigenvalue weighted by molar-refractivity contribution is 6.10. The maximum Gasteiger partial charge on any atom is 0.258 e. The van der Waals surface area contributed by atoms with Crippen LogP contribution in [-0.2, 0) is 11.3 Å². The first-order valence-electron chi connectivity index (χ1n) is 10.8. The number of aromatic nitrogens is 1. The molecule has 33 heavy (non-hydrogen) atoms. The van der Waals surface area contributed by atoms with Crippen molar-refractivity contribution in [2.75, 3.05) is 10.6 Å². The molecule has 0 saturated heterocycles. The van der Waals surface area contributed by atoms with Crippen molar-refractivity contribution in [2.45, 2.75) is 40.2 Å². The molecule has 0 unspecified atom stereocenters. The van der Waals surface area contributed by atoms with Crippen molar-refractivity contribution in [3.63, 3.8) is 0 Å². The number of nitrogens with one attached hydrogen (secondary N) is 3. The van der Waals surface area contributed by atoms with Crippen molar-refractivity contribution in [1.29, 1.82) is 0 Å². The van der Waals surface area contributed by atoms with Crippen molar-refractivity contribution < 1.29 is 9.59 Å². The number of amides is 2. The highest BCUT2D eigenvalue weighted by Crippen LogP contribution is 2.18. The maximum atomic E-state index is 13.0. The number of carbonyl (C=O) groups excluding carboxylic acids is 2. The first-order chi connectivity index (χ1) is 15.8. The molecule has 0 fully saturated rings. The Labute approximate surface area is 194 Å². The summed E-state index contributed by atoms with van der Waals surface area (Å²) in [6.45, 7) is 7.94. The Morgan fingerprint density at radius 2 is 1.79 bits per heavy atom. The van der Waals surface area contributed by atoms with Crippen LogP contribution < -0.4 is 16.0 Å². The molecule has 2 amide bonds. The Morgan fingerprint density at radius 1 is 1.03 bits per heavy atom. The Hall–Kier alpha value is -4.00. The van der Waals surface area contributed by atoms with Gasteiger partial charge in [-0.25, -0.2) is 4.99 Å². The van der Waals surface area contributed by atoms with E-state index in [0.29, 0.717) is 29.7 Å². The lowest BCUT2D eigenvalue weighted by Crippen LogP contribution is -2.36. The highest BCUT2D eigenvalue weighted by Gasteiger charge is 2.12. The van der Waals surface area contributed by atoms with Crippen molar-refractivity contribution in [1.82, 2.24) is 10.3 Å². The summed E-state index contributed by atoms with van der Waals surface area (Å²) in [6, 6.07) is 17.0. The Kier molecular flexibility index (Phi) is 7.91. The van der Waals surface area contributed by atoms with Crippen LogP contribution in [0.25, 0.3) is 0 Å². The molecule has 0 aliphatic carbocycles. The molecule has 1 aromatic heterocycles. The van der Waals surface area contributed by atoms with Gasteiger partial charge in [0, 0.05) is 36.3 Å². The van der Waals surface area contributed by atoms with Gasteiger partial charge in [0.25, 0.3) is 5.91 Å². The van der Waals surface area contributed by atoms with Crippen LogP contribution in [0, 0.1) is 6.92 Å². The van der Waals surface area contributed by atoms with E-state index in [1.54, 1.807) is 30.6 Å². The van der Waals surface area contributed by atoms with Crippen LogP contribution in [0.4, 0.5) is 11.4 Å². The van der Waals surface area contributed by atoms with E-state index in [4.69, 9.17) is 0 Å². The number of anilines is 2. The average Bonchev–Trinajstić information content (AvgIpc) is 2.79. The van der Waals surface area contributed by atoms with Gasteiger partial charge in [0.2, 0.25) is 11.9 Å². The number of nitrogens with zero attached hydrogens (tertiary/aromatic N) is 2. The summed E-state index contributed by atoms with van der Waals surface area (Å²) in [4.78, 5) is 33.1. The number of rotatable bonds is 6. The van der Waals surface area contributed by atoms with Gasteiger partial charge in [-0.15, -0.1) is 0 Å². The number of carbonyl (C=O) groups is 2. The van der Waals surface area contributed by atoms with Crippen LogP contribution in [0.3, 0.4) is 0 Å². The SMILES string of the molecule is CC(=O)Nc1cc(C(=O)NC(=NCc2cccnc2)Nc2ccc(C(C)C)cc2)ccc1C. The molecule has 0 radical (unpaired) electrons. The third-order valence-corrected chi connectivity index (χ3v) is 5.03. The number of hydrogen-bond donors (Lipinski definition) is 3. The topological polar surface area (TPSA) is 95.5 Å². The molecule has 0 atom stereocenters. The predicted molar refractivity (Wildman–Crippen MR) is 132 cm³/mol. The molecule has 3 N–H and O–H groups in total. The van der Waals surface area contributed by atoms with Crippen LogP contribution >= 0.6 is 0 Å². The fourth-order valence-electron chi connectivity index (χ4n) is 3.13. The Bertz CT molecular complexity index is 1140. The largest absolute Gasteiger partial charge is 0.326 e. The Morgan fingerprint density at radius 3 is 2.42 bits per heavy atom. The van der Waals surface area contributed by atoms with Crippen molar-refractivity contribution in [2.24, 2.45) is 4.99 Å². The normalized spacial score (nSPS) is 11.2. The van der Waals surface area contributed by atoms with Crippen molar-refractivity contribution in [3.8, 4) is 0 Å². The minimum atomic E-state index is -0.335. The van der Waals surface area contributed by atoms with Gasteiger partial charge in [-0.2, -0.15) is 0 Å². The molecule has 7 heteroatoms. The van der Waals surface area contributed by atoms with Gasteiger partial charge in [0.05, 0.1) is 6.54 Å². The second-order valence-corrected chi connectivity index (χ2v) is 8.09. The van der Waals surface area contributed by atoms with Crippen molar-refractivity contribution >= 4 is 29.1 Å². The molecule has 3 aromatic rings. The summed E-state index contributed by atoms with van der Waals surface area (Å²) >= 11 is 0. The molecule has 170 valence electrons. The minimum Gasteiger partial charge on any atom is -0.326 e. The highest BCUT2D eigenvalue weighted by atomic mass is 16.2. The van der Waals surface area contributed by atoms with Crippen LogP contribution in [0.5, 0.6) is 0 Å². The molecular weight excluding hydrogens is 414 g/mol. The third-order valence-electron chi connectivity index (χ3n) is 5.03. The van der Waals surface area contributed by atoms with Crippen LogP contribution in [0.1, 0.15) is 53.7 Å². The smallest absolute Gasteiger partial charge is 0.258 e. The van der Waals surface area contributed by atoms with Crippen molar-refractivity contribution in [3.05, 3.63) is 89.2 Å². The van der Waals surface area contributed by atoms with Gasteiger partial charge in [-0.05, 0) is 59.9 Å². The molecule has 1 heterocycles. The quantitative estimate of drug-likeness (QED) is 0.374. The molecule has 0 bridgehead atoms. The van der Waals surface area contributed by atoms with E-state index >= 15 is 0 Å². The van der Waals surface area contributed by atoms with Crippen LogP contribution in [0.15, 0.2) is 72.0 Å². The molecule has 2 aromatic carbocycles. The zero-order valence-electron chi connectivity index (χ0n) is 19.3. The first kappa shape index (κ1) is 23.7. The molecule has 7 nitrogen and oxygen atoms in total. The summed E-state index contributed by atoms with van der Waals surface area (Å²) in [5.74, 6) is 0.221. The number of benzene rings is 2.